The summed E-state index contributed by atoms with van der Waals surface area (Å²) in [5.41, 5.74) is 1.46. The second-order valence-corrected chi connectivity index (χ2v) is 5.33. The summed E-state index contributed by atoms with van der Waals surface area (Å²) in [6, 6.07) is 7.61. The van der Waals surface area contributed by atoms with Crippen LogP contribution in [0.4, 0.5) is 0 Å². The highest BCUT2D eigenvalue weighted by molar-refractivity contribution is 6.18. The van der Waals surface area contributed by atoms with Crippen LogP contribution in [-0.2, 0) is 4.79 Å². The van der Waals surface area contributed by atoms with Crippen LogP contribution in [0.1, 0.15) is 39.2 Å². The van der Waals surface area contributed by atoms with Crippen LogP contribution in [0.25, 0.3) is 0 Å². The predicted octanol–water partition coefficient (Wildman–Crippen LogP) is 3.33. The molecule has 0 saturated heterocycles. The van der Waals surface area contributed by atoms with Crippen molar-refractivity contribution in [3.63, 3.8) is 0 Å². The van der Waals surface area contributed by atoms with Crippen LogP contribution in [0.3, 0.4) is 0 Å². The quantitative estimate of drug-likeness (QED) is 0.452. The molecule has 0 bridgehead atoms. The van der Waals surface area contributed by atoms with E-state index in [2.05, 4.69) is 27.7 Å². The molecule has 3 heteroatoms. The maximum atomic E-state index is 11.0. The lowest BCUT2D eigenvalue weighted by atomic mass is 9.78. The molecule has 2 radical (unpaired) electrons. The van der Waals surface area contributed by atoms with E-state index < -0.39 is 5.97 Å². The lowest BCUT2D eigenvalue weighted by molar-refractivity contribution is -0.131. The highest BCUT2D eigenvalue weighted by Gasteiger charge is 2.21. The van der Waals surface area contributed by atoms with Crippen LogP contribution in [0.2, 0.25) is 6.32 Å². The largest absolute Gasteiger partial charge is 0.427 e. The minimum absolute atomic E-state index is 0.0971. The lowest BCUT2D eigenvalue weighted by Gasteiger charge is -2.27. The number of benzene rings is 1. The number of ether oxygens (including phenoxy) is 1. The Kier molecular flexibility index (Phi) is 4.38. The number of esters is 1. The van der Waals surface area contributed by atoms with E-state index in [-0.39, 0.29) is 11.7 Å². The summed E-state index contributed by atoms with van der Waals surface area (Å²) in [7, 11) is 5.18. The number of rotatable bonds is 3. The molecule has 0 spiro atoms. The Morgan fingerprint density at radius 3 is 2.24 bits per heavy atom. The fourth-order valence-electron chi connectivity index (χ4n) is 1.50. The van der Waals surface area contributed by atoms with Crippen molar-refractivity contribution in [2.45, 2.75) is 39.9 Å². The fourth-order valence-corrected chi connectivity index (χ4v) is 1.50. The van der Waals surface area contributed by atoms with Gasteiger partial charge in [-0.25, -0.2) is 0 Å². The molecule has 0 fully saturated rings. The average Bonchev–Trinajstić information content (AvgIpc) is 2.27. The molecule has 0 aliphatic heterocycles. The van der Waals surface area contributed by atoms with E-state index in [1.807, 2.05) is 24.3 Å². The standard InChI is InChI=1S/C14H19BO2/c1-10(14(2,3)4)11-5-7-12(8-6-11)17-13(16)9-15/h5-8,10H,9H2,1-4H3. The summed E-state index contributed by atoms with van der Waals surface area (Å²) in [5, 5.41) is 0. The zero-order valence-electron chi connectivity index (χ0n) is 11.0. The lowest BCUT2D eigenvalue weighted by Crippen LogP contribution is -2.15. The van der Waals surface area contributed by atoms with Gasteiger partial charge in [-0.3, -0.25) is 4.79 Å². The highest BCUT2D eigenvalue weighted by Crippen LogP contribution is 2.34. The van der Waals surface area contributed by atoms with Crippen molar-refractivity contribution >= 4 is 13.8 Å². The van der Waals surface area contributed by atoms with Crippen molar-refractivity contribution in [1.82, 2.24) is 0 Å². The Morgan fingerprint density at radius 1 is 1.29 bits per heavy atom. The Labute approximate surface area is 105 Å². The van der Waals surface area contributed by atoms with Gasteiger partial charge in [0.25, 0.3) is 0 Å². The molecule has 0 aliphatic rings. The second-order valence-electron chi connectivity index (χ2n) is 5.33. The maximum Gasteiger partial charge on any atom is 0.302 e. The average molecular weight is 230 g/mol. The highest BCUT2D eigenvalue weighted by atomic mass is 16.5. The van der Waals surface area contributed by atoms with E-state index in [1.165, 1.54) is 5.56 Å². The zero-order chi connectivity index (χ0) is 13.1. The van der Waals surface area contributed by atoms with Crippen LogP contribution in [0, 0.1) is 5.41 Å². The van der Waals surface area contributed by atoms with Crippen LogP contribution in [0.5, 0.6) is 5.75 Å². The number of carbonyl (C=O) groups is 1. The molecule has 17 heavy (non-hydrogen) atoms. The summed E-state index contributed by atoms with van der Waals surface area (Å²) >= 11 is 0. The van der Waals surface area contributed by atoms with Crippen LogP contribution < -0.4 is 4.74 Å². The summed E-state index contributed by atoms with van der Waals surface area (Å²) < 4.78 is 5.02. The van der Waals surface area contributed by atoms with Gasteiger partial charge in [-0.05, 0) is 29.0 Å². The van der Waals surface area contributed by atoms with Crippen molar-refractivity contribution in [2.75, 3.05) is 0 Å². The molecule has 2 nitrogen and oxygen atoms in total. The van der Waals surface area contributed by atoms with Crippen LogP contribution >= 0.6 is 0 Å². The molecule has 1 atom stereocenters. The van der Waals surface area contributed by atoms with E-state index in [0.717, 1.165) is 0 Å². The van der Waals surface area contributed by atoms with Gasteiger partial charge < -0.3 is 4.74 Å². The topological polar surface area (TPSA) is 26.3 Å². The molecule has 1 rings (SSSR count). The molecule has 0 aromatic heterocycles. The van der Waals surface area contributed by atoms with Crippen molar-refractivity contribution in [3.8, 4) is 5.75 Å². The van der Waals surface area contributed by atoms with Gasteiger partial charge in [0.05, 0.1) is 7.85 Å². The summed E-state index contributed by atoms with van der Waals surface area (Å²) in [6.45, 7) is 8.82. The first-order valence-corrected chi connectivity index (χ1v) is 5.85. The van der Waals surface area contributed by atoms with E-state index in [0.29, 0.717) is 11.7 Å². The molecule has 0 amide bonds. The smallest absolute Gasteiger partial charge is 0.302 e. The van der Waals surface area contributed by atoms with Gasteiger partial charge in [0.2, 0.25) is 0 Å². The van der Waals surface area contributed by atoms with Crippen LogP contribution in [0.15, 0.2) is 24.3 Å². The normalized spacial score (nSPS) is 13.2. The van der Waals surface area contributed by atoms with Gasteiger partial charge in [-0.15, -0.1) is 0 Å². The van der Waals surface area contributed by atoms with E-state index in [4.69, 9.17) is 12.6 Å². The van der Waals surface area contributed by atoms with Crippen LogP contribution in [-0.4, -0.2) is 13.8 Å². The molecular weight excluding hydrogens is 211 g/mol. The first kappa shape index (κ1) is 13.8. The third-order valence-electron chi connectivity index (χ3n) is 3.08. The van der Waals surface area contributed by atoms with Gasteiger partial charge in [0.1, 0.15) is 5.75 Å². The molecule has 1 unspecified atom stereocenters. The summed E-state index contributed by atoms with van der Waals surface area (Å²) in [5.74, 6) is 0.577. The van der Waals surface area contributed by atoms with Gasteiger partial charge in [0, 0.05) is 6.32 Å². The SMILES string of the molecule is [B]CC(=O)Oc1ccc(C(C)C(C)(C)C)cc1. The molecular formula is C14H19BO2. The first-order valence-electron chi connectivity index (χ1n) is 5.85. The summed E-state index contributed by atoms with van der Waals surface area (Å²) in [6.07, 6.45) is -0.0971. The van der Waals surface area contributed by atoms with Crippen molar-refractivity contribution in [1.29, 1.82) is 0 Å². The monoisotopic (exact) mass is 230 g/mol. The molecule has 90 valence electrons. The van der Waals surface area contributed by atoms with Gasteiger partial charge in [-0.2, -0.15) is 0 Å². The van der Waals surface area contributed by atoms with Gasteiger partial charge in [0.15, 0.2) is 0 Å². The minimum atomic E-state index is -0.415. The first-order chi connectivity index (χ1) is 7.84. The molecule has 1 aromatic rings. The van der Waals surface area contributed by atoms with E-state index in [9.17, 15) is 4.79 Å². The Balaban J connectivity index is 2.78. The molecule has 0 N–H and O–H groups in total. The Hall–Kier alpha value is -1.25. The predicted molar refractivity (Wildman–Crippen MR) is 70.5 cm³/mol. The summed E-state index contributed by atoms with van der Waals surface area (Å²) in [4.78, 5) is 11.0. The third kappa shape index (κ3) is 3.92. The number of hydrogen-bond acceptors (Lipinski definition) is 2. The molecule has 0 saturated carbocycles. The minimum Gasteiger partial charge on any atom is -0.427 e. The van der Waals surface area contributed by atoms with Gasteiger partial charge >= 0.3 is 5.97 Å². The molecule has 1 aromatic carbocycles. The number of hydrogen-bond donors (Lipinski definition) is 0. The Morgan fingerprint density at radius 2 is 1.82 bits per heavy atom. The fraction of sp³-hybridized carbons (Fsp3) is 0.500. The van der Waals surface area contributed by atoms with Crippen molar-refractivity contribution in [3.05, 3.63) is 29.8 Å². The van der Waals surface area contributed by atoms with Crippen molar-refractivity contribution < 1.29 is 9.53 Å². The maximum absolute atomic E-state index is 11.0. The molecule has 0 heterocycles. The Bertz CT molecular complexity index is 376. The third-order valence-corrected chi connectivity index (χ3v) is 3.08. The zero-order valence-corrected chi connectivity index (χ0v) is 11.0. The second kappa shape index (κ2) is 5.39. The molecule has 0 aliphatic carbocycles. The number of carbonyl (C=O) groups excluding carboxylic acids is 1. The van der Waals surface area contributed by atoms with Crippen molar-refractivity contribution in [2.24, 2.45) is 5.41 Å². The van der Waals surface area contributed by atoms with Gasteiger partial charge in [-0.1, -0.05) is 39.8 Å². The van der Waals surface area contributed by atoms with E-state index in [1.54, 1.807) is 0 Å². The van der Waals surface area contributed by atoms with E-state index >= 15 is 0 Å².